The van der Waals surface area contributed by atoms with Crippen LogP contribution in [0.15, 0.2) is 53.1 Å². The fourth-order valence-electron chi connectivity index (χ4n) is 2.81. The van der Waals surface area contributed by atoms with Gasteiger partial charge in [-0.3, -0.25) is 9.69 Å². The maximum atomic E-state index is 12.3. The molecule has 1 atom stereocenters. The van der Waals surface area contributed by atoms with E-state index in [1.54, 1.807) is 6.26 Å². The summed E-state index contributed by atoms with van der Waals surface area (Å²) in [6, 6.07) is 13.8. The van der Waals surface area contributed by atoms with Gasteiger partial charge in [-0.15, -0.1) is 0 Å². The monoisotopic (exact) mass is 329 g/mol. The number of benzene rings is 1. The molecule has 1 N–H and O–H groups in total. The zero-order chi connectivity index (χ0) is 17.4. The van der Waals surface area contributed by atoms with Gasteiger partial charge in [0.25, 0.3) is 0 Å². The van der Waals surface area contributed by atoms with Gasteiger partial charge in [0.1, 0.15) is 5.76 Å². The molecule has 0 aliphatic carbocycles. The molecule has 2 aromatic rings. The summed E-state index contributed by atoms with van der Waals surface area (Å²) in [5, 5.41) is 3.04. The van der Waals surface area contributed by atoms with Crippen molar-refractivity contribution in [2.75, 3.05) is 38.1 Å². The van der Waals surface area contributed by atoms with E-state index >= 15 is 0 Å². The van der Waals surface area contributed by atoms with Gasteiger partial charge in [0.2, 0.25) is 5.91 Å². The number of para-hydroxylation sites is 1. The number of nitrogens with zero attached hydrogens (tertiary/aromatic N) is 2. The van der Waals surface area contributed by atoms with Crippen molar-refractivity contribution in [1.82, 2.24) is 10.2 Å². The molecule has 2 rings (SSSR count). The molecule has 1 amide bonds. The Balaban J connectivity index is 1.92. The van der Waals surface area contributed by atoms with Gasteiger partial charge in [0.05, 0.1) is 18.8 Å². The van der Waals surface area contributed by atoms with Crippen LogP contribution in [0.25, 0.3) is 0 Å². The SMILES string of the molecule is CCN(CC)C(CNC(=O)CN(C)c1ccccc1)c1ccco1. The van der Waals surface area contributed by atoms with Crippen LogP contribution in [0.1, 0.15) is 25.6 Å². The van der Waals surface area contributed by atoms with Crippen LogP contribution in [0.4, 0.5) is 5.69 Å². The van der Waals surface area contributed by atoms with E-state index in [4.69, 9.17) is 4.42 Å². The van der Waals surface area contributed by atoms with Crippen LogP contribution in [0.5, 0.6) is 0 Å². The van der Waals surface area contributed by atoms with Gasteiger partial charge >= 0.3 is 0 Å². The molecule has 130 valence electrons. The highest BCUT2D eigenvalue weighted by Gasteiger charge is 2.21. The molecule has 0 saturated carbocycles. The lowest BCUT2D eigenvalue weighted by Gasteiger charge is -2.28. The number of amides is 1. The van der Waals surface area contributed by atoms with Crippen molar-refractivity contribution in [3.05, 3.63) is 54.5 Å². The number of carbonyl (C=O) groups excluding carboxylic acids is 1. The Bertz CT molecular complexity index is 594. The first-order chi connectivity index (χ1) is 11.7. The minimum Gasteiger partial charge on any atom is -0.468 e. The molecule has 0 radical (unpaired) electrons. The molecule has 0 spiro atoms. The minimum atomic E-state index is 0.00469. The highest BCUT2D eigenvalue weighted by molar-refractivity contribution is 5.81. The van der Waals surface area contributed by atoms with Crippen LogP contribution >= 0.6 is 0 Å². The molecule has 5 nitrogen and oxygen atoms in total. The number of furan rings is 1. The molecule has 5 heteroatoms. The number of likely N-dealkylation sites (N-methyl/N-ethyl adjacent to an activating group) is 2. The highest BCUT2D eigenvalue weighted by Crippen LogP contribution is 2.20. The third kappa shape index (κ3) is 4.86. The van der Waals surface area contributed by atoms with Crippen molar-refractivity contribution in [2.24, 2.45) is 0 Å². The zero-order valence-corrected chi connectivity index (χ0v) is 14.7. The van der Waals surface area contributed by atoms with Crippen molar-refractivity contribution < 1.29 is 9.21 Å². The molecule has 1 heterocycles. The van der Waals surface area contributed by atoms with E-state index in [9.17, 15) is 4.79 Å². The molecular formula is C19H27N3O2. The second kappa shape index (κ2) is 9.13. The second-order valence-corrected chi connectivity index (χ2v) is 5.75. The summed E-state index contributed by atoms with van der Waals surface area (Å²) >= 11 is 0. The second-order valence-electron chi connectivity index (χ2n) is 5.75. The fraction of sp³-hybridized carbons (Fsp3) is 0.421. The van der Waals surface area contributed by atoms with Crippen molar-refractivity contribution in [2.45, 2.75) is 19.9 Å². The number of nitrogens with one attached hydrogen (secondary N) is 1. The van der Waals surface area contributed by atoms with Gasteiger partial charge in [0, 0.05) is 19.3 Å². The maximum Gasteiger partial charge on any atom is 0.239 e. The third-order valence-electron chi connectivity index (χ3n) is 4.20. The molecule has 0 saturated heterocycles. The Morgan fingerprint density at radius 3 is 2.42 bits per heavy atom. The summed E-state index contributed by atoms with van der Waals surface area (Å²) in [6.07, 6.45) is 1.68. The minimum absolute atomic E-state index is 0.00469. The van der Waals surface area contributed by atoms with E-state index in [-0.39, 0.29) is 11.9 Å². The van der Waals surface area contributed by atoms with Gasteiger partial charge in [-0.25, -0.2) is 0 Å². The summed E-state index contributed by atoms with van der Waals surface area (Å²) in [5.41, 5.74) is 1.03. The van der Waals surface area contributed by atoms with E-state index in [1.165, 1.54) is 0 Å². The van der Waals surface area contributed by atoms with Crippen LogP contribution in [-0.2, 0) is 4.79 Å². The van der Waals surface area contributed by atoms with Crippen molar-refractivity contribution in [3.63, 3.8) is 0 Å². The highest BCUT2D eigenvalue weighted by atomic mass is 16.3. The topological polar surface area (TPSA) is 48.7 Å². The number of anilines is 1. The summed E-state index contributed by atoms with van der Waals surface area (Å²) < 4.78 is 5.56. The van der Waals surface area contributed by atoms with Gasteiger partial charge in [-0.2, -0.15) is 0 Å². The van der Waals surface area contributed by atoms with Crippen LogP contribution in [0.3, 0.4) is 0 Å². The Morgan fingerprint density at radius 1 is 1.12 bits per heavy atom. The summed E-state index contributed by atoms with van der Waals surface area (Å²) in [5.74, 6) is 0.889. The smallest absolute Gasteiger partial charge is 0.239 e. The van der Waals surface area contributed by atoms with Crippen LogP contribution < -0.4 is 10.2 Å². The first-order valence-electron chi connectivity index (χ1n) is 8.46. The van der Waals surface area contributed by atoms with Crippen LogP contribution in [0.2, 0.25) is 0 Å². The number of hydrogen-bond donors (Lipinski definition) is 1. The molecule has 0 aliphatic heterocycles. The number of rotatable bonds is 9. The zero-order valence-electron chi connectivity index (χ0n) is 14.7. The standard InChI is InChI=1S/C19H27N3O2/c1-4-22(5-2)17(18-12-9-13-24-18)14-20-19(23)15-21(3)16-10-7-6-8-11-16/h6-13,17H,4-5,14-15H2,1-3H3,(H,20,23). The predicted octanol–water partition coefficient (Wildman–Crippen LogP) is 2.92. The first kappa shape index (κ1) is 18.1. The lowest BCUT2D eigenvalue weighted by Crippen LogP contribution is -2.41. The Morgan fingerprint density at radius 2 is 1.83 bits per heavy atom. The van der Waals surface area contributed by atoms with E-state index in [2.05, 4.69) is 24.1 Å². The van der Waals surface area contributed by atoms with E-state index in [0.29, 0.717) is 13.1 Å². The molecule has 1 aromatic carbocycles. The summed E-state index contributed by atoms with van der Waals surface area (Å²) in [7, 11) is 1.92. The van der Waals surface area contributed by atoms with E-state index in [0.717, 1.165) is 24.5 Å². The quantitative estimate of drug-likeness (QED) is 0.768. The lowest BCUT2D eigenvalue weighted by molar-refractivity contribution is -0.120. The summed E-state index contributed by atoms with van der Waals surface area (Å²) in [4.78, 5) is 16.5. The predicted molar refractivity (Wildman–Crippen MR) is 97.1 cm³/mol. The molecule has 1 unspecified atom stereocenters. The Hall–Kier alpha value is -2.27. The van der Waals surface area contributed by atoms with E-state index < -0.39 is 0 Å². The van der Waals surface area contributed by atoms with Gasteiger partial charge in [-0.1, -0.05) is 32.0 Å². The molecule has 0 bridgehead atoms. The van der Waals surface area contributed by atoms with Gasteiger partial charge in [0.15, 0.2) is 0 Å². The van der Waals surface area contributed by atoms with Crippen LogP contribution in [-0.4, -0.2) is 44.0 Å². The third-order valence-corrected chi connectivity index (χ3v) is 4.20. The molecule has 24 heavy (non-hydrogen) atoms. The average Bonchev–Trinajstić information content (AvgIpc) is 3.13. The average molecular weight is 329 g/mol. The molecule has 1 aromatic heterocycles. The maximum absolute atomic E-state index is 12.3. The first-order valence-corrected chi connectivity index (χ1v) is 8.46. The van der Waals surface area contributed by atoms with E-state index in [1.807, 2.05) is 54.4 Å². The number of carbonyl (C=O) groups is 1. The van der Waals surface area contributed by atoms with Crippen molar-refractivity contribution in [1.29, 1.82) is 0 Å². The number of hydrogen-bond acceptors (Lipinski definition) is 4. The summed E-state index contributed by atoms with van der Waals surface area (Å²) in [6.45, 7) is 6.90. The van der Waals surface area contributed by atoms with Gasteiger partial charge < -0.3 is 14.6 Å². The lowest BCUT2D eigenvalue weighted by atomic mass is 10.2. The van der Waals surface area contributed by atoms with Crippen LogP contribution in [0, 0.1) is 0 Å². The van der Waals surface area contributed by atoms with Gasteiger partial charge in [-0.05, 0) is 37.4 Å². The largest absolute Gasteiger partial charge is 0.468 e. The molecular weight excluding hydrogens is 302 g/mol. The molecule has 0 aliphatic rings. The molecule has 0 fully saturated rings. The van der Waals surface area contributed by atoms with Crippen molar-refractivity contribution >= 4 is 11.6 Å². The fourth-order valence-corrected chi connectivity index (χ4v) is 2.81. The Labute approximate surface area is 144 Å². The van der Waals surface area contributed by atoms with Crippen molar-refractivity contribution in [3.8, 4) is 0 Å². The Kier molecular flexibility index (Phi) is 6.88. The normalized spacial score (nSPS) is 12.2.